The zero-order valence-corrected chi connectivity index (χ0v) is 5.77. The van der Waals surface area contributed by atoms with Gasteiger partial charge >= 0.3 is 6.55 Å². The molecule has 0 aromatic heterocycles. The summed E-state index contributed by atoms with van der Waals surface area (Å²) in [6.07, 6.45) is 1.49. The first-order valence-electron chi connectivity index (χ1n) is 2.72. The fraction of sp³-hybridized carbons (Fsp3) is 0.667. The third-order valence-corrected chi connectivity index (χ3v) is 1.13. The van der Waals surface area contributed by atoms with Gasteiger partial charge in [-0.25, -0.2) is 0 Å². The van der Waals surface area contributed by atoms with Gasteiger partial charge < -0.3 is 0 Å². The molecule has 0 bridgehead atoms. The van der Waals surface area contributed by atoms with Crippen molar-refractivity contribution < 1.29 is 13.3 Å². The molecular weight excluding hydrogens is 124 g/mol. The zero-order valence-electron chi connectivity index (χ0n) is 5.77. The lowest BCUT2D eigenvalue weighted by Crippen LogP contribution is -2.44. The van der Waals surface area contributed by atoms with Crippen LogP contribution in [0.3, 0.4) is 0 Å². The topological polar surface area (TPSA) is 0 Å². The number of halogens is 2. The molecule has 0 spiro atoms. The zero-order chi connectivity index (χ0) is 7.49. The number of quaternary nitrogens is 1. The summed E-state index contributed by atoms with van der Waals surface area (Å²) >= 11 is 0. The van der Waals surface area contributed by atoms with Gasteiger partial charge in [0.05, 0.1) is 14.1 Å². The minimum absolute atomic E-state index is 0.302. The molecule has 0 saturated heterocycles. The van der Waals surface area contributed by atoms with Crippen LogP contribution >= 0.6 is 0 Å². The molecule has 0 atom stereocenters. The predicted octanol–water partition coefficient (Wildman–Crippen LogP) is 1.47. The monoisotopic (exact) mass is 136 g/mol. The average Bonchev–Trinajstić information content (AvgIpc) is 1.65. The maximum absolute atomic E-state index is 11.9. The second-order valence-electron chi connectivity index (χ2n) is 2.53. The van der Waals surface area contributed by atoms with Crippen molar-refractivity contribution >= 4 is 0 Å². The Morgan fingerprint density at radius 2 is 2.00 bits per heavy atom. The van der Waals surface area contributed by atoms with Crippen LogP contribution in [-0.2, 0) is 0 Å². The SMILES string of the molecule is C=CC[N+](C)(C)C(F)F. The highest BCUT2D eigenvalue weighted by Crippen LogP contribution is 2.08. The van der Waals surface area contributed by atoms with Crippen molar-refractivity contribution in [3.63, 3.8) is 0 Å². The van der Waals surface area contributed by atoms with Crippen LogP contribution in [0, 0.1) is 0 Å². The second kappa shape index (κ2) is 2.92. The molecule has 0 aromatic rings. The van der Waals surface area contributed by atoms with Gasteiger partial charge in [0.1, 0.15) is 6.54 Å². The molecule has 0 heterocycles. The Balaban J connectivity index is 3.84. The van der Waals surface area contributed by atoms with E-state index in [0.717, 1.165) is 0 Å². The van der Waals surface area contributed by atoms with Gasteiger partial charge in [-0.05, 0) is 6.08 Å². The van der Waals surface area contributed by atoms with Gasteiger partial charge in [0.2, 0.25) is 0 Å². The number of likely N-dealkylation sites (N-methyl/N-ethyl adjacent to an activating group) is 1. The summed E-state index contributed by atoms with van der Waals surface area (Å²) in [5.74, 6) is 0. The Bertz CT molecular complexity index is 99.2. The molecule has 0 unspecified atom stereocenters. The third kappa shape index (κ3) is 2.56. The van der Waals surface area contributed by atoms with Gasteiger partial charge in [0.15, 0.2) is 0 Å². The van der Waals surface area contributed by atoms with E-state index < -0.39 is 6.55 Å². The van der Waals surface area contributed by atoms with Crippen molar-refractivity contribution in [3.05, 3.63) is 12.7 Å². The largest absolute Gasteiger partial charge is 0.380 e. The summed E-state index contributed by atoms with van der Waals surface area (Å²) in [6, 6.07) is 0. The van der Waals surface area contributed by atoms with Gasteiger partial charge in [-0.1, -0.05) is 6.58 Å². The minimum Gasteiger partial charge on any atom is -0.267 e. The first-order valence-corrected chi connectivity index (χ1v) is 2.72. The highest BCUT2D eigenvalue weighted by Gasteiger charge is 2.24. The molecule has 0 saturated carbocycles. The summed E-state index contributed by atoms with van der Waals surface area (Å²) in [5.41, 5.74) is 0. The Kier molecular flexibility index (Phi) is 2.77. The number of hydrogen-bond donors (Lipinski definition) is 0. The molecule has 54 valence electrons. The van der Waals surface area contributed by atoms with Crippen LogP contribution < -0.4 is 0 Å². The summed E-state index contributed by atoms with van der Waals surface area (Å²) in [4.78, 5) is 0. The Hall–Kier alpha value is -0.440. The second-order valence-corrected chi connectivity index (χ2v) is 2.53. The summed E-state index contributed by atoms with van der Waals surface area (Å²) < 4.78 is 23.5. The lowest BCUT2D eigenvalue weighted by Gasteiger charge is -2.26. The van der Waals surface area contributed by atoms with E-state index in [9.17, 15) is 8.78 Å². The predicted molar refractivity (Wildman–Crippen MR) is 33.2 cm³/mol. The van der Waals surface area contributed by atoms with Crippen molar-refractivity contribution in [2.45, 2.75) is 6.55 Å². The molecule has 0 N–H and O–H groups in total. The highest BCUT2D eigenvalue weighted by atomic mass is 19.3. The van der Waals surface area contributed by atoms with E-state index in [-0.39, 0.29) is 4.48 Å². The fourth-order valence-electron chi connectivity index (χ4n) is 0.412. The van der Waals surface area contributed by atoms with Crippen LogP contribution in [0.4, 0.5) is 8.78 Å². The summed E-state index contributed by atoms with van der Waals surface area (Å²) in [7, 11) is 2.93. The first-order chi connectivity index (χ1) is 4.00. The lowest BCUT2D eigenvalue weighted by atomic mass is 10.5. The van der Waals surface area contributed by atoms with Crippen LogP contribution in [0.1, 0.15) is 0 Å². The van der Waals surface area contributed by atoms with Crippen molar-refractivity contribution in [1.82, 2.24) is 0 Å². The molecule has 0 rings (SSSR count). The van der Waals surface area contributed by atoms with E-state index in [0.29, 0.717) is 6.54 Å². The molecular formula is C6H12F2N+. The van der Waals surface area contributed by atoms with Crippen LogP contribution in [0.25, 0.3) is 0 Å². The quantitative estimate of drug-likeness (QED) is 0.313. The maximum Gasteiger partial charge on any atom is 0.380 e. The van der Waals surface area contributed by atoms with Crippen LogP contribution in [0.2, 0.25) is 0 Å². The van der Waals surface area contributed by atoms with Crippen molar-refractivity contribution in [2.24, 2.45) is 0 Å². The minimum atomic E-state index is -2.32. The van der Waals surface area contributed by atoms with Gasteiger partial charge in [-0.2, -0.15) is 8.78 Å². The maximum atomic E-state index is 11.9. The standard InChI is InChI=1S/C6H12F2N/c1-4-5-9(2,3)6(7)8/h4,6H,1,5H2,2-3H3/q+1. The Morgan fingerprint density at radius 1 is 1.56 bits per heavy atom. The van der Waals surface area contributed by atoms with E-state index in [4.69, 9.17) is 0 Å². The van der Waals surface area contributed by atoms with Gasteiger partial charge in [-0.3, -0.25) is 4.48 Å². The molecule has 0 aromatic carbocycles. The van der Waals surface area contributed by atoms with Crippen molar-refractivity contribution in [2.75, 3.05) is 20.6 Å². The molecule has 0 aliphatic heterocycles. The van der Waals surface area contributed by atoms with Crippen LogP contribution in [0.5, 0.6) is 0 Å². The van der Waals surface area contributed by atoms with E-state index >= 15 is 0 Å². The molecule has 0 aliphatic carbocycles. The Morgan fingerprint density at radius 3 is 2.11 bits per heavy atom. The van der Waals surface area contributed by atoms with Gasteiger partial charge in [-0.15, -0.1) is 0 Å². The molecule has 0 aliphatic rings. The molecule has 3 heteroatoms. The van der Waals surface area contributed by atoms with E-state index in [2.05, 4.69) is 6.58 Å². The van der Waals surface area contributed by atoms with Crippen LogP contribution in [-0.4, -0.2) is 31.7 Å². The number of nitrogens with zero attached hydrogens (tertiary/aromatic N) is 1. The van der Waals surface area contributed by atoms with E-state index in [1.807, 2.05) is 0 Å². The van der Waals surface area contributed by atoms with Crippen molar-refractivity contribution in [3.8, 4) is 0 Å². The molecule has 0 fully saturated rings. The molecule has 1 nitrogen and oxygen atoms in total. The highest BCUT2D eigenvalue weighted by molar-refractivity contribution is 4.63. The molecule has 9 heavy (non-hydrogen) atoms. The van der Waals surface area contributed by atoms with Crippen LogP contribution in [0.15, 0.2) is 12.7 Å². The smallest absolute Gasteiger partial charge is 0.267 e. The summed E-state index contributed by atoms with van der Waals surface area (Å²) in [5, 5.41) is 0. The normalized spacial score (nSPS) is 12.1. The fourth-order valence-corrected chi connectivity index (χ4v) is 0.412. The average molecular weight is 136 g/mol. The van der Waals surface area contributed by atoms with Gasteiger partial charge in [0, 0.05) is 0 Å². The van der Waals surface area contributed by atoms with E-state index in [1.165, 1.54) is 20.2 Å². The van der Waals surface area contributed by atoms with Crippen molar-refractivity contribution in [1.29, 1.82) is 0 Å². The number of alkyl halides is 2. The van der Waals surface area contributed by atoms with E-state index in [1.54, 1.807) is 0 Å². The third-order valence-electron chi connectivity index (χ3n) is 1.13. The Labute approximate surface area is 54.2 Å². The summed E-state index contributed by atoms with van der Waals surface area (Å²) in [6.45, 7) is 1.37. The number of hydrogen-bond acceptors (Lipinski definition) is 0. The lowest BCUT2D eigenvalue weighted by molar-refractivity contribution is -0.940. The first kappa shape index (κ1) is 8.56. The number of rotatable bonds is 3. The molecule has 0 amide bonds. The van der Waals surface area contributed by atoms with Gasteiger partial charge in [0.25, 0.3) is 0 Å². The molecule has 0 radical (unpaired) electrons.